The van der Waals surface area contributed by atoms with Crippen molar-refractivity contribution < 1.29 is 9.53 Å². The number of ether oxygens (including phenoxy) is 1. The van der Waals surface area contributed by atoms with Crippen molar-refractivity contribution in [1.29, 1.82) is 0 Å². The highest BCUT2D eigenvalue weighted by molar-refractivity contribution is 8.00. The van der Waals surface area contributed by atoms with E-state index in [-0.39, 0.29) is 18.4 Å². The fourth-order valence-electron chi connectivity index (χ4n) is 3.66. The van der Waals surface area contributed by atoms with E-state index in [0.29, 0.717) is 21.6 Å². The van der Waals surface area contributed by atoms with E-state index in [4.69, 9.17) is 16.3 Å². The second-order valence-electron chi connectivity index (χ2n) is 7.76. The van der Waals surface area contributed by atoms with Crippen LogP contribution in [0.5, 0.6) is 5.75 Å². The van der Waals surface area contributed by atoms with Crippen molar-refractivity contribution in [3.05, 3.63) is 106 Å². The Morgan fingerprint density at radius 3 is 2.48 bits per heavy atom. The van der Waals surface area contributed by atoms with Gasteiger partial charge in [-0.15, -0.1) is 10.2 Å². The van der Waals surface area contributed by atoms with E-state index in [1.165, 1.54) is 17.3 Å². The van der Waals surface area contributed by atoms with Crippen LogP contribution in [0.4, 0.5) is 0 Å². The molecule has 33 heavy (non-hydrogen) atoms. The Balaban J connectivity index is 1.44. The van der Waals surface area contributed by atoms with Gasteiger partial charge >= 0.3 is 0 Å². The largest absolute Gasteiger partial charge is 0.486 e. The summed E-state index contributed by atoms with van der Waals surface area (Å²) in [5, 5.41) is 9.47. The number of halogens is 1. The average Bonchev–Trinajstić information content (AvgIpc) is 3.25. The number of thioether (sulfide) groups is 1. The molecule has 166 valence electrons. The van der Waals surface area contributed by atoms with Crippen molar-refractivity contribution in [3.63, 3.8) is 0 Å². The van der Waals surface area contributed by atoms with Gasteiger partial charge in [0.25, 0.3) is 0 Å². The highest BCUT2D eigenvalue weighted by atomic mass is 35.5. The van der Waals surface area contributed by atoms with E-state index < -0.39 is 5.25 Å². The van der Waals surface area contributed by atoms with Gasteiger partial charge in [0.15, 0.2) is 11.6 Å². The molecule has 1 aliphatic rings. The molecule has 2 heterocycles. The van der Waals surface area contributed by atoms with Crippen molar-refractivity contribution in [3.8, 4) is 5.75 Å². The molecule has 0 bridgehead atoms. The number of rotatable bonds is 6. The molecule has 0 spiro atoms. The van der Waals surface area contributed by atoms with Crippen LogP contribution in [0.3, 0.4) is 0 Å². The summed E-state index contributed by atoms with van der Waals surface area (Å²) in [5.41, 5.74) is 6.23. The van der Waals surface area contributed by atoms with E-state index in [1.807, 2.05) is 90.5 Å². The molecule has 4 aromatic rings. The van der Waals surface area contributed by atoms with E-state index in [9.17, 15) is 4.79 Å². The highest BCUT2D eigenvalue weighted by Gasteiger charge is 2.38. The Hall–Kier alpha value is -3.29. The van der Waals surface area contributed by atoms with Gasteiger partial charge in [0.1, 0.15) is 17.6 Å². The molecule has 1 aromatic heterocycles. The van der Waals surface area contributed by atoms with Crippen molar-refractivity contribution in [2.75, 3.05) is 5.43 Å². The van der Waals surface area contributed by atoms with Crippen LogP contribution in [0.1, 0.15) is 33.4 Å². The lowest BCUT2D eigenvalue weighted by atomic mass is 9.97. The lowest BCUT2D eigenvalue weighted by molar-refractivity contribution is 0.0980. The number of Topliss-reactive ketones (excluding diaryl/α,β-unsaturated/α-hetero) is 1. The number of fused-ring (bicyclic) bond motifs is 1. The van der Waals surface area contributed by atoms with Crippen LogP contribution in [-0.2, 0) is 6.61 Å². The first-order valence-corrected chi connectivity index (χ1v) is 11.8. The third-order valence-electron chi connectivity index (χ3n) is 5.44. The number of hydrogen-bond donors (Lipinski definition) is 1. The van der Waals surface area contributed by atoms with Gasteiger partial charge < -0.3 is 10.2 Å². The third-order valence-corrected chi connectivity index (χ3v) is 6.91. The van der Waals surface area contributed by atoms with Gasteiger partial charge in [-0.25, -0.2) is 4.68 Å². The second kappa shape index (κ2) is 9.29. The Morgan fingerprint density at radius 1 is 1.03 bits per heavy atom. The topological polar surface area (TPSA) is 69.0 Å². The molecule has 0 fully saturated rings. The van der Waals surface area contributed by atoms with Crippen molar-refractivity contribution in [2.24, 2.45) is 0 Å². The molecule has 0 amide bonds. The molecular formula is C25H21ClN4O2S. The fraction of sp³-hybridized carbons (Fsp3) is 0.160. The quantitative estimate of drug-likeness (QED) is 0.372. The Bertz CT molecular complexity index is 1260. The first kappa shape index (κ1) is 21.6. The first-order valence-electron chi connectivity index (χ1n) is 10.5. The predicted molar refractivity (Wildman–Crippen MR) is 130 cm³/mol. The van der Waals surface area contributed by atoms with Crippen LogP contribution in [0.2, 0.25) is 5.02 Å². The highest BCUT2D eigenvalue weighted by Crippen LogP contribution is 2.39. The summed E-state index contributed by atoms with van der Waals surface area (Å²) in [5.74, 6) is 1.41. The molecule has 3 aromatic carbocycles. The van der Waals surface area contributed by atoms with Crippen molar-refractivity contribution in [1.82, 2.24) is 14.9 Å². The van der Waals surface area contributed by atoms with Crippen LogP contribution in [0.15, 0.2) is 84.0 Å². The van der Waals surface area contributed by atoms with Gasteiger partial charge in [0.2, 0.25) is 5.16 Å². The fourth-order valence-corrected chi connectivity index (χ4v) is 4.96. The zero-order chi connectivity index (χ0) is 22.8. The molecule has 1 aliphatic heterocycles. The van der Waals surface area contributed by atoms with E-state index in [2.05, 4.69) is 15.6 Å². The van der Waals surface area contributed by atoms with Crippen LogP contribution in [0.25, 0.3) is 0 Å². The van der Waals surface area contributed by atoms with Crippen molar-refractivity contribution in [2.45, 2.75) is 30.0 Å². The minimum absolute atomic E-state index is 0.0276. The number of ketones is 1. The number of carbonyl (C=O) groups is 1. The minimum atomic E-state index is -0.420. The molecule has 0 saturated carbocycles. The number of hydrogen-bond acceptors (Lipinski definition) is 6. The Kier molecular flexibility index (Phi) is 6.07. The molecule has 0 saturated heterocycles. The van der Waals surface area contributed by atoms with Crippen LogP contribution in [-0.4, -0.2) is 25.9 Å². The minimum Gasteiger partial charge on any atom is -0.486 e. The van der Waals surface area contributed by atoms with Gasteiger partial charge in [-0.05, 0) is 36.8 Å². The summed E-state index contributed by atoms with van der Waals surface area (Å²) in [4.78, 5) is 13.4. The zero-order valence-electron chi connectivity index (χ0n) is 17.8. The third kappa shape index (κ3) is 4.60. The first-order chi connectivity index (χ1) is 16.1. The maximum Gasteiger partial charge on any atom is 0.210 e. The van der Waals surface area contributed by atoms with Crippen molar-refractivity contribution >= 4 is 29.1 Å². The number of nitrogens with zero attached hydrogens (tertiary/aromatic N) is 3. The van der Waals surface area contributed by atoms with Crippen LogP contribution >= 0.6 is 23.4 Å². The van der Waals surface area contributed by atoms with Gasteiger partial charge in [0, 0.05) is 10.6 Å². The molecule has 5 rings (SSSR count). The standard InChI is InChI=1S/C25H21ClN4O2S/c1-16-7-13-20(14-8-16)32-15-21-27-28-25-30(21)29-22(17-9-11-19(26)12-10-17)24(33-25)23(31)18-5-3-2-4-6-18/h2-14,22,24,29H,15H2,1H3/t22-,24+/m0/s1. The molecular weight excluding hydrogens is 456 g/mol. The molecule has 0 aliphatic carbocycles. The normalized spacial score (nSPS) is 17.2. The number of nitrogens with one attached hydrogen (secondary N) is 1. The maximum atomic E-state index is 13.4. The maximum absolute atomic E-state index is 13.4. The zero-order valence-corrected chi connectivity index (χ0v) is 19.4. The molecule has 2 atom stereocenters. The lowest BCUT2D eigenvalue weighted by Gasteiger charge is -2.33. The number of aryl methyl sites for hydroxylation is 1. The van der Waals surface area contributed by atoms with E-state index in [0.717, 1.165) is 11.3 Å². The molecule has 8 heteroatoms. The van der Waals surface area contributed by atoms with E-state index >= 15 is 0 Å². The predicted octanol–water partition coefficient (Wildman–Crippen LogP) is 5.46. The number of benzene rings is 3. The molecule has 6 nitrogen and oxygen atoms in total. The van der Waals surface area contributed by atoms with Gasteiger partial charge in [-0.3, -0.25) is 4.79 Å². The number of aromatic nitrogens is 3. The van der Waals surface area contributed by atoms with Gasteiger partial charge in [0.05, 0.1) is 6.04 Å². The summed E-state index contributed by atoms with van der Waals surface area (Å²) in [6.07, 6.45) is 0. The summed E-state index contributed by atoms with van der Waals surface area (Å²) in [7, 11) is 0. The molecule has 0 unspecified atom stereocenters. The lowest BCUT2D eigenvalue weighted by Crippen LogP contribution is -2.39. The monoisotopic (exact) mass is 476 g/mol. The summed E-state index contributed by atoms with van der Waals surface area (Å²) in [6, 6.07) is 24.4. The smallest absolute Gasteiger partial charge is 0.210 e. The SMILES string of the molecule is Cc1ccc(OCc2nnc3n2N[C@@H](c2ccc(Cl)cc2)[C@H](C(=O)c2ccccc2)S3)cc1. The van der Waals surface area contributed by atoms with Gasteiger partial charge in [-0.1, -0.05) is 83.5 Å². The average molecular weight is 477 g/mol. The van der Waals surface area contributed by atoms with Crippen LogP contribution in [0, 0.1) is 6.92 Å². The van der Waals surface area contributed by atoms with E-state index in [1.54, 1.807) is 0 Å². The summed E-state index contributed by atoms with van der Waals surface area (Å²) >= 11 is 7.51. The summed E-state index contributed by atoms with van der Waals surface area (Å²) < 4.78 is 7.73. The van der Waals surface area contributed by atoms with Gasteiger partial charge in [-0.2, -0.15) is 0 Å². The Morgan fingerprint density at radius 2 is 1.76 bits per heavy atom. The van der Waals surface area contributed by atoms with Crippen LogP contribution < -0.4 is 10.2 Å². The second-order valence-corrected chi connectivity index (χ2v) is 9.31. The molecule has 1 N–H and O–H groups in total. The Labute approximate surface area is 200 Å². The number of carbonyl (C=O) groups excluding carboxylic acids is 1. The summed E-state index contributed by atoms with van der Waals surface area (Å²) in [6.45, 7) is 2.28. The molecule has 0 radical (unpaired) electrons.